The third-order valence-corrected chi connectivity index (χ3v) is 2.68. The molecule has 0 heterocycles. The Bertz CT molecular complexity index is 529. The number of nitro benzene ring substituents is 1. The molecular formula is C12H16N2O6. The van der Waals surface area contributed by atoms with Crippen molar-refractivity contribution in [2.75, 3.05) is 33.4 Å². The largest absolute Gasteiger partial charge is 0.467 e. The number of ether oxygens (including phenoxy) is 3. The number of nitro groups is 1. The molecule has 0 bridgehead atoms. The van der Waals surface area contributed by atoms with E-state index in [2.05, 4.69) is 10.1 Å². The zero-order valence-corrected chi connectivity index (χ0v) is 11.7. The van der Waals surface area contributed by atoms with E-state index < -0.39 is 10.9 Å². The molecule has 1 aromatic carbocycles. The van der Waals surface area contributed by atoms with Gasteiger partial charge in [-0.3, -0.25) is 10.1 Å². The SMILES string of the molecule is CNc1cc(OCOC)c(C(=O)OC)c(C)c1[N+](=O)[O-]. The average Bonchev–Trinajstić information content (AvgIpc) is 2.42. The Morgan fingerprint density at radius 2 is 2.10 bits per heavy atom. The van der Waals surface area contributed by atoms with Crippen LogP contribution in [0.25, 0.3) is 0 Å². The second kappa shape index (κ2) is 6.71. The first-order chi connectivity index (χ1) is 9.47. The van der Waals surface area contributed by atoms with E-state index in [0.717, 1.165) is 0 Å². The highest BCUT2D eigenvalue weighted by atomic mass is 16.7. The van der Waals surface area contributed by atoms with Crippen LogP contribution in [-0.2, 0) is 9.47 Å². The third-order valence-electron chi connectivity index (χ3n) is 2.68. The summed E-state index contributed by atoms with van der Waals surface area (Å²) in [7, 11) is 4.16. The first-order valence-electron chi connectivity index (χ1n) is 5.67. The van der Waals surface area contributed by atoms with E-state index in [1.165, 1.54) is 27.2 Å². The van der Waals surface area contributed by atoms with Crippen molar-refractivity contribution < 1.29 is 23.9 Å². The van der Waals surface area contributed by atoms with Crippen molar-refractivity contribution in [3.8, 4) is 5.75 Å². The van der Waals surface area contributed by atoms with E-state index in [1.54, 1.807) is 7.05 Å². The van der Waals surface area contributed by atoms with Crippen LogP contribution >= 0.6 is 0 Å². The van der Waals surface area contributed by atoms with Gasteiger partial charge in [-0.15, -0.1) is 0 Å². The molecule has 1 N–H and O–H groups in total. The zero-order chi connectivity index (χ0) is 15.3. The first-order valence-corrected chi connectivity index (χ1v) is 5.67. The molecule has 110 valence electrons. The van der Waals surface area contributed by atoms with Crippen molar-refractivity contribution in [2.24, 2.45) is 0 Å². The highest BCUT2D eigenvalue weighted by molar-refractivity contribution is 5.97. The zero-order valence-electron chi connectivity index (χ0n) is 11.7. The normalized spacial score (nSPS) is 10.0. The van der Waals surface area contributed by atoms with E-state index >= 15 is 0 Å². The maximum atomic E-state index is 11.8. The van der Waals surface area contributed by atoms with Gasteiger partial charge in [0.25, 0.3) is 5.69 Å². The molecule has 0 aliphatic carbocycles. The van der Waals surface area contributed by atoms with Crippen LogP contribution in [0.4, 0.5) is 11.4 Å². The molecule has 0 aliphatic rings. The Balaban J connectivity index is 3.54. The summed E-state index contributed by atoms with van der Waals surface area (Å²) in [4.78, 5) is 22.4. The first kappa shape index (κ1) is 15.7. The van der Waals surface area contributed by atoms with Crippen molar-refractivity contribution in [1.29, 1.82) is 0 Å². The molecule has 0 spiro atoms. The van der Waals surface area contributed by atoms with Crippen LogP contribution in [0.2, 0.25) is 0 Å². The Kier molecular flexibility index (Phi) is 5.27. The van der Waals surface area contributed by atoms with E-state index in [9.17, 15) is 14.9 Å². The monoisotopic (exact) mass is 284 g/mol. The minimum Gasteiger partial charge on any atom is -0.467 e. The van der Waals surface area contributed by atoms with Crippen LogP contribution in [0.5, 0.6) is 5.75 Å². The lowest BCUT2D eigenvalue weighted by molar-refractivity contribution is -0.384. The summed E-state index contributed by atoms with van der Waals surface area (Å²) in [5, 5.41) is 13.8. The lowest BCUT2D eigenvalue weighted by Crippen LogP contribution is -2.12. The summed E-state index contributed by atoms with van der Waals surface area (Å²) in [5.74, 6) is -0.550. The smallest absolute Gasteiger partial charge is 0.342 e. The van der Waals surface area contributed by atoms with E-state index in [1.807, 2.05) is 0 Å². The van der Waals surface area contributed by atoms with Gasteiger partial charge in [0.15, 0.2) is 6.79 Å². The fraction of sp³-hybridized carbons (Fsp3) is 0.417. The van der Waals surface area contributed by atoms with Crippen LogP contribution < -0.4 is 10.1 Å². The Morgan fingerprint density at radius 1 is 1.45 bits per heavy atom. The summed E-state index contributed by atoms with van der Waals surface area (Å²) in [6, 6.07) is 1.37. The molecule has 0 atom stereocenters. The summed E-state index contributed by atoms with van der Waals surface area (Å²) in [6.45, 7) is 1.37. The van der Waals surface area contributed by atoms with Crippen molar-refractivity contribution >= 4 is 17.3 Å². The number of esters is 1. The molecular weight excluding hydrogens is 268 g/mol. The average molecular weight is 284 g/mol. The van der Waals surface area contributed by atoms with Crippen molar-refractivity contribution in [1.82, 2.24) is 0 Å². The lowest BCUT2D eigenvalue weighted by atomic mass is 10.0. The van der Waals surface area contributed by atoms with Crippen LogP contribution in [0, 0.1) is 17.0 Å². The van der Waals surface area contributed by atoms with Gasteiger partial charge in [0.1, 0.15) is 17.0 Å². The lowest BCUT2D eigenvalue weighted by Gasteiger charge is -2.14. The van der Waals surface area contributed by atoms with Gasteiger partial charge in [-0.1, -0.05) is 0 Å². The molecule has 0 radical (unpaired) electrons. The molecule has 0 saturated carbocycles. The van der Waals surface area contributed by atoms with Crippen molar-refractivity contribution in [3.63, 3.8) is 0 Å². The van der Waals surface area contributed by atoms with Gasteiger partial charge in [0, 0.05) is 25.8 Å². The number of anilines is 1. The van der Waals surface area contributed by atoms with Gasteiger partial charge in [-0.25, -0.2) is 4.79 Å². The van der Waals surface area contributed by atoms with Crippen LogP contribution in [0.15, 0.2) is 6.07 Å². The molecule has 8 heteroatoms. The van der Waals surface area contributed by atoms with E-state index in [0.29, 0.717) is 0 Å². The van der Waals surface area contributed by atoms with Gasteiger partial charge in [-0.05, 0) is 6.92 Å². The molecule has 20 heavy (non-hydrogen) atoms. The summed E-state index contributed by atoms with van der Waals surface area (Å²) >= 11 is 0. The van der Waals surface area contributed by atoms with Gasteiger partial charge >= 0.3 is 5.97 Å². The number of nitrogens with zero attached hydrogens (tertiary/aromatic N) is 1. The Hall–Kier alpha value is -2.35. The maximum Gasteiger partial charge on any atom is 0.342 e. The van der Waals surface area contributed by atoms with Gasteiger partial charge in [0.05, 0.1) is 12.0 Å². The highest BCUT2D eigenvalue weighted by Gasteiger charge is 2.28. The number of rotatable bonds is 6. The fourth-order valence-corrected chi connectivity index (χ4v) is 1.79. The number of carbonyl (C=O) groups excluding carboxylic acids is 1. The molecule has 8 nitrogen and oxygen atoms in total. The summed E-state index contributed by atoms with van der Waals surface area (Å²) in [5.41, 5.74) is 0.221. The number of nitrogens with one attached hydrogen (secondary N) is 1. The molecule has 0 aliphatic heterocycles. The molecule has 0 saturated heterocycles. The Morgan fingerprint density at radius 3 is 2.55 bits per heavy atom. The number of hydrogen-bond donors (Lipinski definition) is 1. The van der Waals surface area contributed by atoms with Crippen molar-refractivity contribution in [2.45, 2.75) is 6.92 Å². The Labute approximate surface area is 115 Å². The van der Waals surface area contributed by atoms with Gasteiger partial charge < -0.3 is 19.5 Å². The van der Waals surface area contributed by atoms with Gasteiger partial charge in [0.2, 0.25) is 0 Å². The van der Waals surface area contributed by atoms with Crippen LogP contribution in [0.3, 0.4) is 0 Å². The summed E-state index contributed by atoms with van der Waals surface area (Å²) < 4.78 is 14.7. The number of hydrogen-bond acceptors (Lipinski definition) is 7. The predicted octanol–water partition coefficient (Wildman–Crippen LogP) is 1.71. The molecule has 1 rings (SSSR count). The summed E-state index contributed by atoms with van der Waals surface area (Å²) in [6.07, 6.45) is 0. The minimum atomic E-state index is -0.709. The molecule has 0 aromatic heterocycles. The number of methoxy groups -OCH3 is 2. The topological polar surface area (TPSA) is 99.9 Å². The predicted molar refractivity (Wildman–Crippen MR) is 71.2 cm³/mol. The number of carbonyl (C=O) groups is 1. The molecule has 0 unspecified atom stereocenters. The maximum absolute atomic E-state index is 11.8. The second-order valence-corrected chi connectivity index (χ2v) is 3.82. The second-order valence-electron chi connectivity index (χ2n) is 3.82. The molecule has 0 fully saturated rings. The fourth-order valence-electron chi connectivity index (χ4n) is 1.79. The quantitative estimate of drug-likeness (QED) is 0.367. The van der Waals surface area contributed by atoms with Gasteiger partial charge in [-0.2, -0.15) is 0 Å². The van der Waals surface area contributed by atoms with Crippen LogP contribution in [0.1, 0.15) is 15.9 Å². The molecule has 0 amide bonds. The standard InChI is InChI=1S/C12H16N2O6/c1-7-10(12(15)19-4)9(20-6-18-3)5-8(13-2)11(7)14(16)17/h5,13H,6H2,1-4H3. The van der Waals surface area contributed by atoms with Crippen molar-refractivity contribution in [3.05, 3.63) is 27.3 Å². The minimum absolute atomic E-state index is 0.00949. The van der Waals surface area contributed by atoms with E-state index in [4.69, 9.17) is 9.47 Å². The van der Waals surface area contributed by atoms with E-state index in [-0.39, 0.29) is 35.0 Å². The van der Waals surface area contributed by atoms with Crippen LogP contribution in [-0.4, -0.2) is 39.0 Å². The highest BCUT2D eigenvalue weighted by Crippen LogP contribution is 2.37. The number of benzene rings is 1. The molecule has 1 aromatic rings. The third kappa shape index (κ3) is 2.97.